The maximum absolute atomic E-state index is 13.7. The van der Waals surface area contributed by atoms with Crippen molar-refractivity contribution < 1.29 is 27.4 Å². The number of alkyl halides is 3. The molecule has 0 aromatic carbocycles. The number of hydrogen-bond donors (Lipinski definition) is 0. The molecule has 0 saturated heterocycles. The molecule has 11 heteroatoms. The average Bonchev–Trinajstić information content (AvgIpc) is 3.15. The Hall–Kier alpha value is -2.10. The maximum Gasteiger partial charge on any atom is 0.417 e. The molecule has 31 heavy (non-hydrogen) atoms. The van der Waals surface area contributed by atoms with Gasteiger partial charge in [0.05, 0.1) is 40.8 Å². The third kappa shape index (κ3) is 5.99. The van der Waals surface area contributed by atoms with E-state index in [1.54, 1.807) is 11.5 Å². The number of ether oxygens (including phenoxy) is 2. The van der Waals surface area contributed by atoms with E-state index in [0.29, 0.717) is 39.4 Å². The van der Waals surface area contributed by atoms with Gasteiger partial charge in [0.1, 0.15) is 11.6 Å². The minimum atomic E-state index is -4.74. The second-order valence-corrected chi connectivity index (χ2v) is 8.23. The zero-order chi connectivity index (χ0) is 22.6. The van der Waals surface area contributed by atoms with Gasteiger partial charge in [-0.15, -0.1) is 11.3 Å². The summed E-state index contributed by atoms with van der Waals surface area (Å²) in [6, 6.07) is 0. The molecule has 1 aliphatic carbocycles. The summed E-state index contributed by atoms with van der Waals surface area (Å²) in [6.45, 7) is 1.40. The van der Waals surface area contributed by atoms with Crippen molar-refractivity contribution in [2.75, 3.05) is 13.2 Å². The Bertz CT molecular complexity index is 1020. The fourth-order valence-corrected chi connectivity index (χ4v) is 4.02. The van der Waals surface area contributed by atoms with Crippen LogP contribution in [0, 0.1) is 0 Å². The van der Waals surface area contributed by atoms with Crippen molar-refractivity contribution in [3.8, 4) is 0 Å². The number of carbonyl (C=O) groups excluding carboxylic acids is 1. The lowest BCUT2D eigenvalue weighted by Gasteiger charge is -2.20. The van der Waals surface area contributed by atoms with Gasteiger partial charge in [-0.3, -0.25) is 4.99 Å². The largest absolute Gasteiger partial charge is 0.492 e. The predicted octanol–water partition coefficient (Wildman–Crippen LogP) is 5.92. The summed E-state index contributed by atoms with van der Waals surface area (Å²) >= 11 is 13.1. The first-order chi connectivity index (χ1) is 14.7. The van der Waals surface area contributed by atoms with Gasteiger partial charge in [-0.1, -0.05) is 23.2 Å². The number of aromatic nitrogens is 1. The zero-order valence-corrected chi connectivity index (χ0v) is 18.6. The minimum absolute atomic E-state index is 0.0418. The van der Waals surface area contributed by atoms with E-state index < -0.39 is 23.3 Å². The van der Waals surface area contributed by atoms with Crippen molar-refractivity contribution in [3.63, 3.8) is 0 Å². The van der Waals surface area contributed by atoms with E-state index in [0.717, 1.165) is 17.6 Å². The Morgan fingerprint density at radius 3 is 2.77 bits per heavy atom. The van der Waals surface area contributed by atoms with E-state index in [9.17, 15) is 18.0 Å². The number of allylic oxidation sites excluding steroid dienone is 4. The fourth-order valence-electron chi connectivity index (χ4n) is 2.90. The molecule has 2 aliphatic rings. The van der Waals surface area contributed by atoms with Gasteiger partial charge in [0.15, 0.2) is 0 Å². The highest BCUT2D eigenvalue weighted by Gasteiger charge is 2.41. The number of aliphatic imine (C=N–C) groups is 1. The average molecular weight is 493 g/mol. The lowest BCUT2D eigenvalue weighted by molar-refractivity contribution is -0.139. The number of halogens is 5. The highest BCUT2D eigenvalue weighted by atomic mass is 35.5. The molecular weight excluding hydrogens is 476 g/mol. The van der Waals surface area contributed by atoms with E-state index in [1.165, 1.54) is 13.0 Å². The van der Waals surface area contributed by atoms with Crippen molar-refractivity contribution in [1.29, 1.82) is 0 Å². The molecule has 3 rings (SSSR count). The van der Waals surface area contributed by atoms with Crippen LogP contribution < -0.4 is 0 Å². The molecule has 5 nitrogen and oxygen atoms in total. The SMILES string of the molecule is CCOC(=O)C1=C(C(F)(F)F)/C(=C\c2nc(COC3=CC(Cl)=C(Cl)CC3)cs2)CN=C1. The molecule has 1 aromatic rings. The monoisotopic (exact) mass is 492 g/mol. The van der Waals surface area contributed by atoms with Gasteiger partial charge >= 0.3 is 12.1 Å². The van der Waals surface area contributed by atoms with Gasteiger partial charge in [-0.05, 0) is 31.1 Å². The van der Waals surface area contributed by atoms with Crippen LogP contribution in [0.5, 0.6) is 0 Å². The number of dihydropyridines is 1. The molecule has 0 atom stereocenters. The van der Waals surface area contributed by atoms with Crippen molar-refractivity contribution in [3.05, 3.63) is 54.7 Å². The third-order valence-electron chi connectivity index (χ3n) is 4.26. The number of esters is 1. The highest BCUT2D eigenvalue weighted by molar-refractivity contribution is 7.10. The first-order valence-corrected chi connectivity index (χ1v) is 10.8. The quantitative estimate of drug-likeness (QED) is 0.462. The van der Waals surface area contributed by atoms with Gasteiger partial charge in [-0.25, -0.2) is 9.78 Å². The van der Waals surface area contributed by atoms with E-state index in [-0.39, 0.29) is 25.3 Å². The summed E-state index contributed by atoms with van der Waals surface area (Å²) in [4.78, 5) is 20.2. The first-order valence-electron chi connectivity index (χ1n) is 9.20. The molecule has 0 N–H and O–H groups in total. The van der Waals surface area contributed by atoms with Crippen LogP contribution in [0.2, 0.25) is 0 Å². The Balaban J connectivity index is 1.80. The summed E-state index contributed by atoms with van der Waals surface area (Å²) in [6.07, 6.45) is 0.265. The van der Waals surface area contributed by atoms with E-state index in [1.807, 2.05) is 0 Å². The van der Waals surface area contributed by atoms with E-state index in [2.05, 4.69) is 9.98 Å². The summed E-state index contributed by atoms with van der Waals surface area (Å²) in [7, 11) is 0. The summed E-state index contributed by atoms with van der Waals surface area (Å²) < 4.78 is 51.5. The lowest BCUT2D eigenvalue weighted by Crippen LogP contribution is -2.25. The van der Waals surface area contributed by atoms with Crippen LogP contribution >= 0.6 is 34.5 Å². The van der Waals surface area contributed by atoms with Crippen LogP contribution in [0.1, 0.15) is 30.5 Å². The van der Waals surface area contributed by atoms with Crippen molar-refractivity contribution >= 4 is 52.8 Å². The molecular formula is C20H17Cl2F3N2O3S. The molecule has 0 fully saturated rings. The highest BCUT2D eigenvalue weighted by Crippen LogP contribution is 2.37. The summed E-state index contributed by atoms with van der Waals surface area (Å²) in [5, 5.41) is 3.03. The molecule has 1 aromatic heterocycles. The summed E-state index contributed by atoms with van der Waals surface area (Å²) in [5.74, 6) is -0.406. The van der Waals surface area contributed by atoms with Crippen LogP contribution in [-0.2, 0) is 20.9 Å². The lowest BCUT2D eigenvalue weighted by atomic mass is 9.97. The Morgan fingerprint density at radius 2 is 2.10 bits per heavy atom. The van der Waals surface area contributed by atoms with E-state index >= 15 is 0 Å². The van der Waals surface area contributed by atoms with Gasteiger partial charge in [0, 0.05) is 23.0 Å². The van der Waals surface area contributed by atoms with Gasteiger partial charge in [0.25, 0.3) is 0 Å². The molecule has 0 amide bonds. The van der Waals surface area contributed by atoms with Crippen molar-refractivity contribution in [2.24, 2.45) is 4.99 Å². The standard InChI is InChI=1S/C20H17Cl2F3N2O3S/c1-2-29-19(28)14-8-26-7-11(18(14)20(23,24)25)5-17-27-12(10-31-17)9-30-13-3-4-15(21)16(22)6-13/h5-6,8,10H,2-4,7,9H2,1H3/b11-5-. The van der Waals surface area contributed by atoms with Crippen LogP contribution in [0.15, 0.2) is 49.0 Å². The molecule has 2 heterocycles. The molecule has 0 spiro atoms. The molecule has 0 bridgehead atoms. The molecule has 0 radical (unpaired) electrons. The van der Waals surface area contributed by atoms with Crippen molar-refractivity contribution in [1.82, 2.24) is 4.98 Å². The Labute approximate surface area is 190 Å². The maximum atomic E-state index is 13.7. The van der Waals surface area contributed by atoms with Gasteiger partial charge in [0.2, 0.25) is 0 Å². The molecule has 0 unspecified atom stereocenters. The van der Waals surface area contributed by atoms with Crippen LogP contribution in [0.25, 0.3) is 6.08 Å². The smallest absolute Gasteiger partial charge is 0.417 e. The predicted molar refractivity (Wildman–Crippen MR) is 114 cm³/mol. The minimum Gasteiger partial charge on any atom is -0.492 e. The summed E-state index contributed by atoms with van der Waals surface area (Å²) in [5.41, 5.74) is -1.27. The Morgan fingerprint density at radius 1 is 1.32 bits per heavy atom. The Kier molecular flexibility index (Phi) is 7.61. The van der Waals surface area contributed by atoms with Gasteiger partial charge < -0.3 is 9.47 Å². The van der Waals surface area contributed by atoms with Crippen LogP contribution in [0.4, 0.5) is 13.2 Å². The molecule has 1 aliphatic heterocycles. The second kappa shape index (κ2) is 10.0. The number of hydrogen-bond acceptors (Lipinski definition) is 6. The number of thiazole rings is 1. The normalized spacial score (nSPS) is 18.5. The van der Waals surface area contributed by atoms with Gasteiger partial charge in [-0.2, -0.15) is 13.2 Å². The third-order valence-corrected chi connectivity index (χ3v) is 5.93. The van der Waals surface area contributed by atoms with Crippen LogP contribution in [-0.4, -0.2) is 36.5 Å². The number of carbonyl (C=O) groups is 1. The topological polar surface area (TPSA) is 60.8 Å². The van der Waals surface area contributed by atoms with E-state index in [4.69, 9.17) is 32.7 Å². The van der Waals surface area contributed by atoms with Crippen molar-refractivity contribution in [2.45, 2.75) is 32.5 Å². The second-order valence-electron chi connectivity index (χ2n) is 6.48. The fraction of sp³-hybridized carbons (Fsp3) is 0.350. The first kappa shape index (κ1) is 23.6. The molecule has 166 valence electrons. The number of nitrogens with zero attached hydrogens (tertiary/aromatic N) is 2. The zero-order valence-electron chi connectivity index (χ0n) is 16.3. The number of rotatable bonds is 6. The van der Waals surface area contributed by atoms with Crippen LogP contribution in [0.3, 0.4) is 0 Å². The molecule has 0 saturated carbocycles.